The highest BCUT2D eigenvalue weighted by Crippen LogP contribution is 2.33. The van der Waals surface area contributed by atoms with E-state index in [9.17, 15) is 27.5 Å². The third-order valence-electron chi connectivity index (χ3n) is 2.91. The molecule has 0 atom stereocenters. The highest BCUT2D eigenvalue weighted by atomic mass is 79.9. The Bertz CT molecular complexity index is 776. The molecule has 0 radical (unpaired) electrons. The summed E-state index contributed by atoms with van der Waals surface area (Å²) in [5, 5.41) is 11.8. The van der Waals surface area contributed by atoms with Crippen LogP contribution in [0.4, 0.5) is 29.1 Å². The fourth-order valence-electron chi connectivity index (χ4n) is 1.64. The van der Waals surface area contributed by atoms with Gasteiger partial charge < -0.3 is 15.3 Å². The van der Waals surface area contributed by atoms with Gasteiger partial charge in [-0.1, -0.05) is 0 Å². The summed E-state index contributed by atoms with van der Waals surface area (Å²) in [5.41, 5.74) is 1.08. The molecule has 0 fully saturated rings. The summed E-state index contributed by atoms with van der Waals surface area (Å²) in [6, 6.07) is 1.76. The lowest BCUT2D eigenvalue weighted by Crippen LogP contribution is -2.04. The van der Waals surface area contributed by atoms with Crippen molar-refractivity contribution >= 4 is 33.7 Å². The molecule has 26 heavy (non-hydrogen) atoms. The summed E-state index contributed by atoms with van der Waals surface area (Å²) in [7, 11) is 3.28. The molecule has 0 saturated carbocycles. The lowest BCUT2D eigenvalue weighted by molar-refractivity contribution is 0.112. The van der Waals surface area contributed by atoms with Crippen LogP contribution in [0.25, 0.3) is 0 Å². The number of carbonyl (C=O) groups excluding carboxylic acids is 1. The zero-order valence-corrected chi connectivity index (χ0v) is 15.1. The quantitative estimate of drug-likeness (QED) is 0.281. The topological polar surface area (TPSA) is 83.5 Å². The minimum absolute atomic E-state index is 0.245. The van der Waals surface area contributed by atoms with Crippen LogP contribution in [0.1, 0.15) is 22.3 Å². The zero-order chi connectivity index (χ0) is 19.9. The van der Waals surface area contributed by atoms with Gasteiger partial charge in [-0.15, -0.1) is 0 Å². The van der Waals surface area contributed by atoms with Crippen molar-refractivity contribution in [3.8, 4) is 5.75 Å². The number of hydroxylamine groups is 1. The number of pyridine rings is 1. The van der Waals surface area contributed by atoms with E-state index in [4.69, 9.17) is 0 Å². The number of halogens is 5. The fraction of sp³-hybridized carbons (Fsp3) is 0.200. The molecule has 142 valence electrons. The minimum Gasteiger partial charge on any atom is -0.504 e. The van der Waals surface area contributed by atoms with Crippen LogP contribution < -0.4 is 10.8 Å². The average Bonchev–Trinajstić information content (AvgIpc) is 2.63. The number of aldehydes is 1. The molecular formula is C15H14BrF4N3O3. The normalized spacial score (nSPS) is 10.3. The second-order valence-electron chi connectivity index (χ2n) is 4.54. The van der Waals surface area contributed by atoms with Crippen LogP contribution in [-0.4, -0.2) is 30.5 Å². The zero-order valence-electron chi connectivity index (χ0n) is 13.5. The predicted octanol–water partition coefficient (Wildman–Crippen LogP) is 4.09. The van der Waals surface area contributed by atoms with Crippen molar-refractivity contribution < 1.29 is 32.3 Å². The summed E-state index contributed by atoms with van der Waals surface area (Å²) in [4.78, 5) is 18.7. The van der Waals surface area contributed by atoms with Gasteiger partial charge in [-0.3, -0.25) is 4.79 Å². The molecule has 0 aliphatic heterocycles. The van der Waals surface area contributed by atoms with E-state index in [1.807, 2.05) is 0 Å². The Morgan fingerprint density at radius 3 is 2.38 bits per heavy atom. The molecule has 1 aromatic carbocycles. The molecule has 1 aromatic heterocycles. The Balaban J connectivity index is 0.000000765. The number of aromatic hydroxyl groups is 1. The van der Waals surface area contributed by atoms with Gasteiger partial charge in [-0.05, 0) is 28.1 Å². The lowest BCUT2D eigenvalue weighted by atomic mass is 10.1. The molecule has 0 saturated heterocycles. The summed E-state index contributed by atoms with van der Waals surface area (Å²) in [6.07, 6.45) is -1.82. The smallest absolute Gasteiger partial charge is 0.265 e. The maximum atomic E-state index is 13.9. The molecule has 0 bridgehead atoms. The monoisotopic (exact) mass is 439 g/mol. The molecule has 1 heterocycles. The molecular weight excluding hydrogens is 426 g/mol. The molecule has 0 amide bonds. The van der Waals surface area contributed by atoms with Gasteiger partial charge in [0.25, 0.3) is 6.43 Å². The molecule has 6 nitrogen and oxygen atoms in total. The van der Waals surface area contributed by atoms with E-state index in [1.54, 1.807) is 14.2 Å². The van der Waals surface area contributed by atoms with E-state index < -0.39 is 40.9 Å². The average molecular weight is 440 g/mol. The van der Waals surface area contributed by atoms with Crippen molar-refractivity contribution in [2.24, 2.45) is 0 Å². The Morgan fingerprint density at radius 1 is 1.31 bits per heavy atom. The SMILES string of the molecule is CNOC.O=Cc1cc(Br)c(F)c(F)c1Nc1ncc(C(F)F)cc1O. The van der Waals surface area contributed by atoms with Crippen LogP contribution in [0.2, 0.25) is 0 Å². The van der Waals surface area contributed by atoms with E-state index in [1.165, 1.54) is 0 Å². The van der Waals surface area contributed by atoms with Gasteiger partial charge in [0.15, 0.2) is 29.5 Å². The van der Waals surface area contributed by atoms with Crippen LogP contribution in [0.3, 0.4) is 0 Å². The Hall–Kier alpha value is -2.24. The summed E-state index contributed by atoms with van der Waals surface area (Å²) in [6.45, 7) is 0. The van der Waals surface area contributed by atoms with Crippen molar-refractivity contribution in [3.63, 3.8) is 0 Å². The van der Waals surface area contributed by atoms with E-state index in [-0.39, 0.29) is 16.3 Å². The summed E-state index contributed by atoms with van der Waals surface area (Å²) < 4.78 is 52.0. The van der Waals surface area contributed by atoms with Crippen LogP contribution in [0, 0.1) is 11.6 Å². The van der Waals surface area contributed by atoms with Crippen molar-refractivity contribution in [1.82, 2.24) is 10.5 Å². The molecule has 0 aliphatic rings. The Morgan fingerprint density at radius 2 is 1.92 bits per heavy atom. The van der Waals surface area contributed by atoms with Gasteiger partial charge >= 0.3 is 0 Å². The van der Waals surface area contributed by atoms with E-state index >= 15 is 0 Å². The second kappa shape index (κ2) is 10.0. The number of nitrogens with zero attached hydrogens (tertiary/aromatic N) is 1. The molecule has 0 aliphatic carbocycles. The van der Waals surface area contributed by atoms with Crippen LogP contribution in [0.15, 0.2) is 22.8 Å². The number of alkyl halides is 2. The van der Waals surface area contributed by atoms with E-state index in [0.29, 0.717) is 0 Å². The fourth-order valence-corrected chi connectivity index (χ4v) is 2.06. The Kier molecular flexibility index (Phi) is 8.42. The number of anilines is 2. The third-order valence-corrected chi connectivity index (χ3v) is 3.49. The first-order chi connectivity index (χ1) is 12.3. The standard InChI is InChI=1S/C13H7BrF4N2O2.C2H7NO/c14-7-1-6(4-21)11(10(16)9(7)15)20-13-8(22)2-5(3-19-13)12(17)18;1-3-4-2/h1-4,12,22H,(H,19,20);3H,1-2H3. The van der Waals surface area contributed by atoms with Crippen molar-refractivity contribution in [1.29, 1.82) is 0 Å². The molecule has 11 heteroatoms. The maximum Gasteiger partial charge on any atom is 0.265 e. The number of hydrogen-bond donors (Lipinski definition) is 3. The third kappa shape index (κ3) is 5.38. The molecule has 2 aromatic rings. The highest BCUT2D eigenvalue weighted by Gasteiger charge is 2.19. The van der Waals surface area contributed by atoms with Crippen molar-refractivity contribution in [2.45, 2.75) is 6.43 Å². The maximum absolute atomic E-state index is 13.9. The first-order valence-electron chi connectivity index (χ1n) is 6.83. The van der Waals surface area contributed by atoms with Gasteiger partial charge in [-0.2, -0.15) is 0 Å². The number of carbonyl (C=O) groups is 1. The first-order valence-corrected chi connectivity index (χ1v) is 7.62. The number of nitrogens with one attached hydrogen (secondary N) is 2. The predicted molar refractivity (Wildman–Crippen MR) is 89.7 cm³/mol. The minimum atomic E-state index is -2.85. The number of aromatic nitrogens is 1. The molecule has 2 rings (SSSR count). The van der Waals surface area contributed by atoms with Gasteiger partial charge in [0.05, 0.1) is 17.3 Å². The Labute approximate surface area is 154 Å². The van der Waals surface area contributed by atoms with Gasteiger partial charge in [0, 0.05) is 24.4 Å². The van der Waals surface area contributed by atoms with Gasteiger partial charge in [-0.25, -0.2) is 28.0 Å². The van der Waals surface area contributed by atoms with E-state index in [2.05, 4.69) is 36.5 Å². The molecule has 3 N–H and O–H groups in total. The number of hydrogen-bond acceptors (Lipinski definition) is 6. The number of rotatable bonds is 5. The van der Waals surface area contributed by atoms with Crippen molar-refractivity contribution in [2.75, 3.05) is 19.5 Å². The van der Waals surface area contributed by atoms with Crippen molar-refractivity contribution in [3.05, 3.63) is 45.6 Å². The summed E-state index contributed by atoms with van der Waals surface area (Å²) in [5.74, 6) is -3.72. The summed E-state index contributed by atoms with van der Waals surface area (Å²) >= 11 is 2.75. The molecule has 0 unspecified atom stereocenters. The molecule has 0 spiro atoms. The first kappa shape index (κ1) is 21.8. The number of benzene rings is 1. The lowest BCUT2D eigenvalue weighted by Gasteiger charge is -2.12. The van der Waals surface area contributed by atoms with E-state index in [0.717, 1.165) is 18.3 Å². The van der Waals surface area contributed by atoms with Crippen LogP contribution in [-0.2, 0) is 4.84 Å². The van der Waals surface area contributed by atoms with Crippen LogP contribution >= 0.6 is 15.9 Å². The van der Waals surface area contributed by atoms with Crippen LogP contribution in [0.5, 0.6) is 5.75 Å². The largest absolute Gasteiger partial charge is 0.504 e. The van der Waals surface area contributed by atoms with Gasteiger partial charge in [0.2, 0.25) is 0 Å². The highest BCUT2D eigenvalue weighted by molar-refractivity contribution is 9.10. The second-order valence-corrected chi connectivity index (χ2v) is 5.39. The van der Waals surface area contributed by atoms with Gasteiger partial charge in [0.1, 0.15) is 0 Å².